The Morgan fingerprint density at radius 3 is 2.58 bits per heavy atom. The van der Waals surface area contributed by atoms with Crippen LogP contribution < -0.4 is 0 Å². The molecule has 0 bridgehead atoms. The van der Waals surface area contributed by atoms with Crippen LogP contribution in [0.3, 0.4) is 0 Å². The molecule has 0 N–H and O–H groups in total. The molecule has 7 nitrogen and oxygen atoms in total. The lowest BCUT2D eigenvalue weighted by Gasteiger charge is -2.26. The number of benzene rings is 2. The first-order valence-corrected chi connectivity index (χ1v) is 11.4. The summed E-state index contributed by atoms with van der Waals surface area (Å²) in [6, 6.07) is 15.5. The molecule has 0 unspecified atom stereocenters. The Morgan fingerprint density at radius 1 is 0.970 bits per heavy atom. The fourth-order valence-electron chi connectivity index (χ4n) is 4.09. The molecule has 0 atom stereocenters. The summed E-state index contributed by atoms with van der Waals surface area (Å²) in [5.41, 5.74) is 2.51. The quantitative estimate of drug-likeness (QED) is 0.431. The Hall–Kier alpha value is -3.78. The van der Waals surface area contributed by atoms with Crippen LogP contribution in [0.2, 0.25) is 0 Å². The summed E-state index contributed by atoms with van der Waals surface area (Å²) in [6.45, 7) is 0.893. The fraction of sp³-hybridized carbons (Fsp3) is 0.200. The fourth-order valence-corrected chi connectivity index (χ4v) is 4.98. The van der Waals surface area contributed by atoms with E-state index in [0.29, 0.717) is 13.1 Å². The molecule has 0 saturated carbocycles. The van der Waals surface area contributed by atoms with Gasteiger partial charge in [0.25, 0.3) is 17.7 Å². The summed E-state index contributed by atoms with van der Waals surface area (Å²) in [5, 5.41) is 2.01. The maximum atomic E-state index is 12.8. The monoisotopic (exact) mass is 460 g/mol. The predicted molar refractivity (Wildman–Crippen MR) is 121 cm³/mol. The standard InChI is InChI=1S/C25H20N2O5S/c28-22(26-10-8-21-18(14-26)9-11-33-21)15-32-25(31)17-6-7-19-20(12-17)24(30)27(23(19)29)13-16-4-2-1-3-5-16/h1-7,9,11-12H,8,10,13-15H2. The summed E-state index contributed by atoms with van der Waals surface area (Å²) in [5.74, 6) is -1.82. The molecule has 0 fully saturated rings. The molecule has 2 aliphatic heterocycles. The van der Waals surface area contributed by atoms with Gasteiger partial charge in [-0.05, 0) is 47.2 Å². The van der Waals surface area contributed by atoms with Gasteiger partial charge in [0.2, 0.25) is 0 Å². The number of hydrogen-bond donors (Lipinski definition) is 0. The molecule has 0 radical (unpaired) electrons. The van der Waals surface area contributed by atoms with Crippen molar-refractivity contribution in [3.63, 3.8) is 0 Å². The lowest BCUT2D eigenvalue weighted by molar-refractivity contribution is -0.135. The molecule has 0 aliphatic carbocycles. The van der Waals surface area contributed by atoms with Crippen molar-refractivity contribution in [1.82, 2.24) is 9.80 Å². The minimum atomic E-state index is -0.707. The van der Waals surface area contributed by atoms with Crippen LogP contribution in [0, 0.1) is 0 Å². The number of fused-ring (bicyclic) bond motifs is 2. The first-order valence-electron chi connectivity index (χ1n) is 10.6. The number of ether oxygens (including phenoxy) is 1. The first-order chi connectivity index (χ1) is 16.0. The highest BCUT2D eigenvalue weighted by molar-refractivity contribution is 7.10. The van der Waals surface area contributed by atoms with E-state index in [9.17, 15) is 19.2 Å². The summed E-state index contributed by atoms with van der Waals surface area (Å²) in [7, 11) is 0. The summed E-state index contributed by atoms with van der Waals surface area (Å²) >= 11 is 1.69. The molecule has 8 heteroatoms. The van der Waals surface area contributed by atoms with E-state index in [1.165, 1.54) is 23.1 Å². The minimum Gasteiger partial charge on any atom is -0.452 e. The number of hydrogen-bond acceptors (Lipinski definition) is 6. The number of carbonyl (C=O) groups is 4. The van der Waals surface area contributed by atoms with E-state index >= 15 is 0 Å². The van der Waals surface area contributed by atoms with Gasteiger partial charge >= 0.3 is 5.97 Å². The molecule has 2 aromatic carbocycles. The average Bonchev–Trinajstić information content (AvgIpc) is 3.41. The van der Waals surface area contributed by atoms with Crippen LogP contribution in [-0.2, 0) is 29.0 Å². The second kappa shape index (κ2) is 8.63. The van der Waals surface area contributed by atoms with Gasteiger partial charge in [0.15, 0.2) is 6.61 Å². The molecular formula is C25H20N2O5S. The molecule has 0 saturated heterocycles. The Bertz CT molecular complexity index is 1270. The summed E-state index contributed by atoms with van der Waals surface area (Å²) in [4.78, 5) is 54.7. The topological polar surface area (TPSA) is 84.0 Å². The molecule has 3 heterocycles. The van der Waals surface area contributed by atoms with E-state index in [1.807, 2.05) is 41.8 Å². The predicted octanol–water partition coefficient (Wildman–Crippen LogP) is 3.29. The van der Waals surface area contributed by atoms with E-state index in [0.717, 1.165) is 22.4 Å². The number of thiophene rings is 1. The van der Waals surface area contributed by atoms with Crippen molar-refractivity contribution in [3.05, 3.63) is 92.7 Å². The SMILES string of the molecule is O=C(OCC(=O)N1CCc2sccc2C1)c1ccc2c(c1)C(=O)N(Cc1ccccc1)C2=O. The zero-order valence-electron chi connectivity index (χ0n) is 17.7. The number of nitrogens with zero attached hydrogens (tertiary/aromatic N) is 2. The van der Waals surface area contributed by atoms with Gasteiger partial charge in [-0.3, -0.25) is 19.3 Å². The van der Waals surface area contributed by atoms with Gasteiger partial charge in [0, 0.05) is 18.0 Å². The van der Waals surface area contributed by atoms with Gasteiger partial charge in [-0.25, -0.2) is 4.79 Å². The minimum absolute atomic E-state index is 0.128. The largest absolute Gasteiger partial charge is 0.452 e. The highest BCUT2D eigenvalue weighted by atomic mass is 32.1. The van der Waals surface area contributed by atoms with Gasteiger partial charge in [-0.2, -0.15) is 0 Å². The van der Waals surface area contributed by atoms with Crippen LogP contribution >= 0.6 is 11.3 Å². The third-order valence-corrected chi connectivity index (χ3v) is 6.90. The normalized spacial score (nSPS) is 14.8. The Morgan fingerprint density at radius 2 is 1.76 bits per heavy atom. The number of rotatable bonds is 5. The van der Waals surface area contributed by atoms with Crippen molar-refractivity contribution in [3.8, 4) is 0 Å². The Labute approximate surface area is 194 Å². The molecule has 33 heavy (non-hydrogen) atoms. The zero-order chi connectivity index (χ0) is 22.9. The van der Waals surface area contributed by atoms with E-state index < -0.39 is 17.8 Å². The second-order valence-electron chi connectivity index (χ2n) is 7.95. The zero-order valence-corrected chi connectivity index (χ0v) is 18.5. The van der Waals surface area contributed by atoms with Crippen molar-refractivity contribution in [2.24, 2.45) is 0 Å². The number of amides is 3. The molecule has 1 aromatic heterocycles. The molecule has 3 amide bonds. The summed E-state index contributed by atoms with van der Waals surface area (Å²) in [6.07, 6.45) is 0.799. The second-order valence-corrected chi connectivity index (χ2v) is 8.95. The Kier molecular flexibility index (Phi) is 5.51. The van der Waals surface area contributed by atoms with Crippen molar-refractivity contribution < 1.29 is 23.9 Å². The molecular weight excluding hydrogens is 440 g/mol. The van der Waals surface area contributed by atoms with Crippen molar-refractivity contribution >= 4 is 35.0 Å². The van der Waals surface area contributed by atoms with Crippen molar-refractivity contribution in [1.29, 1.82) is 0 Å². The van der Waals surface area contributed by atoms with Gasteiger partial charge in [0.1, 0.15) is 0 Å². The van der Waals surface area contributed by atoms with Gasteiger partial charge in [-0.1, -0.05) is 30.3 Å². The summed E-state index contributed by atoms with van der Waals surface area (Å²) < 4.78 is 5.22. The van der Waals surface area contributed by atoms with Gasteiger partial charge in [-0.15, -0.1) is 11.3 Å². The van der Waals surface area contributed by atoms with Crippen LogP contribution in [0.5, 0.6) is 0 Å². The van der Waals surface area contributed by atoms with Crippen LogP contribution in [0.25, 0.3) is 0 Å². The molecule has 0 spiro atoms. The van der Waals surface area contributed by atoms with Crippen LogP contribution in [0.15, 0.2) is 60.0 Å². The van der Waals surface area contributed by atoms with Crippen LogP contribution in [0.1, 0.15) is 47.1 Å². The first kappa shape index (κ1) is 21.1. The van der Waals surface area contributed by atoms with Gasteiger partial charge < -0.3 is 9.64 Å². The van der Waals surface area contributed by atoms with Crippen molar-refractivity contribution in [2.75, 3.05) is 13.2 Å². The number of imide groups is 1. The highest BCUT2D eigenvalue weighted by Crippen LogP contribution is 2.26. The molecule has 2 aliphatic rings. The number of carbonyl (C=O) groups excluding carboxylic acids is 4. The van der Waals surface area contributed by atoms with Crippen LogP contribution in [-0.4, -0.2) is 46.6 Å². The molecule has 3 aromatic rings. The third-order valence-electron chi connectivity index (χ3n) is 5.88. The van der Waals surface area contributed by atoms with E-state index in [-0.39, 0.29) is 35.7 Å². The van der Waals surface area contributed by atoms with Gasteiger partial charge in [0.05, 0.1) is 23.2 Å². The average molecular weight is 461 g/mol. The third kappa shape index (κ3) is 4.05. The van der Waals surface area contributed by atoms with E-state index in [2.05, 4.69) is 0 Å². The highest BCUT2D eigenvalue weighted by Gasteiger charge is 2.36. The molecule has 5 rings (SSSR count). The van der Waals surface area contributed by atoms with Crippen LogP contribution in [0.4, 0.5) is 0 Å². The van der Waals surface area contributed by atoms with Crippen molar-refractivity contribution in [2.45, 2.75) is 19.5 Å². The maximum Gasteiger partial charge on any atom is 0.338 e. The lowest BCUT2D eigenvalue weighted by Crippen LogP contribution is -2.38. The smallest absolute Gasteiger partial charge is 0.338 e. The number of esters is 1. The lowest BCUT2D eigenvalue weighted by atomic mass is 10.1. The van der Waals surface area contributed by atoms with E-state index in [4.69, 9.17) is 4.74 Å². The van der Waals surface area contributed by atoms with E-state index in [1.54, 1.807) is 16.2 Å². The maximum absolute atomic E-state index is 12.8. The molecule has 166 valence electrons. The Balaban J connectivity index is 1.23.